The number of nitrogens with zero attached hydrogens (tertiary/aromatic N) is 4. The summed E-state index contributed by atoms with van der Waals surface area (Å²) >= 11 is 0. The molecule has 8 nitrogen and oxygen atoms in total. The molecule has 3 aromatic heterocycles. The molecule has 0 atom stereocenters. The molecule has 1 fully saturated rings. The number of hydrogen-bond donors (Lipinski definition) is 2. The third-order valence-electron chi connectivity index (χ3n) is 5.73. The van der Waals surface area contributed by atoms with E-state index in [1.54, 1.807) is 18.3 Å². The van der Waals surface area contributed by atoms with Crippen molar-refractivity contribution in [2.24, 2.45) is 0 Å². The zero-order valence-corrected chi connectivity index (χ0v) is 18.0. The molecule has 0 unspecified atom stereocenters. The van der Waals surface area contributed by atoms with Gasteiger partial charge in [0.15, 0.2) is 0 Å². The maximum absolute atomic E-state index is 13.5. The van der Waals surface area contributed by atoms with Gasteiger partial charge in [0.05, 0.1) is 5.69 Å². The first-order valence-corrected chi connectivity index (χ1v) is 10.9. The molecule has 0 radical (unpaired) electrons. The van der Waals surface area contributed by atoms with Crippen LogP contribution in [0.2, 0.25) is 0 Å². The van der Waals surface area contributed by atoms with Gasteiger partial charge in [-0.3, -0.25) is 14.2 Å². The van der Waals surface area contributed by atoms with Crippen molar-refractivity contribution in [2.75, 3.05) is 17.2 Å². The molecule has 0 aromatic carbocycles. The van der Waals surface area contributed by atoms with Gasteiger partial charge in [0, 0.05) is 36.2 Å². The lowest BCUT2D eigenvalue weighted by Gasteiger charge is -2.19. The number of carbonyl (C=O) groups is 1. The van der Waals surface area contributed by atoms with Crippen LogP contribution in [0.15, 0.2) is 35.3 Å². The first kappa shape index (κ1) is 21.0. The summed E-state index contributed by atoms with van der Waals surface area (Å²) in [6, 6.07) is 7.35. The van der Waals surface area contributed by atoms with Crippen molar-refractivity contribution in [2.45, 2.75) is 58.4 Å². The third kappa shape index (κ3) is 4.57. The van der Waals surface area contributed by atoms with Crippen LogP contribution in [0, 0.1) is 6.92 Å². The standard InChI is InChI=1S/C23H28N6O2/c1-3-24-23-26-15(2)18-14-16(11-12-20(30)27-19-10-6-7-13-25-19)22(31)29(21(18)28-23)17-8-4-5-9-17/h6-7,10,13-14,17H,3-5,8-9,11-12H2,1-2H3,(H,24,26,28)(H,25,27,30). The highest BCUT2D eigenvalue weighted by atomic mass is 16.1. The van der Waals surface area contributed by atoms with Crippen LogP contribution in [0.4, 0.5) is 11.8 Å². The zero-order chi connectivity index (χ0) is 21.8. The van der Waals surface area contributed by atoms with E-state index in [2.05, 4.69) is 25.6 Å². The summed E-state index contributed by atoms with van der Waals surface area (Å²) in [6.07, 6.45) is 6.35. The Morgan fingerprint density at radius 2 is 2.03 bits per heavy atom. The molecule has 0 saturated heterocycles. The van der Waals surface area contributed by atoms with Crippen molar-refractivity contribution in [3.8, 4) is 0 Å². The monoisotopic (exact) mass is 420 g/mol. The average molecular weight is 421 g/mol. The van der Waals surface area contributed by atoms with Crippen LogP contribution in [0.25, 0.3) is 11.0 Å². The van der Waals surface area contributed by atoms with E-state index < -0.39 is 0 Å². The van der Waals surface area contributed by atoms with Gasteiger partial charge in [-0.25, -0.2) is 9.97 Å². The highest BCUT2D eigenvalue weighted by Crippen LogP contribution is 2.31. The molecule has 8 heteroatoms. The minimum atomic E-state index is -0.166. The molecule has 0 aliphatic heterocycles. The maximum Gasteiger partial charge on any atom is 0.255 e. The summed E-state index contributed by atoms with van der Waals surface area (Å²) in [5.74, 6) is 0.886. The molecule has 162 valence electrons. The lowest BCUT2D eigenvalue weighted by Crippen LogP contribution is -2.28. The summed E-state index contributed by atoms with van der Waals surface area (Å²) < 4.78 is 1.85. The average Bonchev–Trinajstić information content (AvgIpc) is 3.28. The number of anilines is 2. The molecule has 1 amide bonds. The number of hydrogen-bond acceptors (Lipinski definition) is 6. The fourth-order valence-electron chi connectivity index (χ4n) is 4.21. The van der Waals surface area contributed by atoms with Crippen LogP contribution >= 0.6 is 0 Å². The van der Waals surface area contributed by atoms with E-state index in [-0.39, 0.29) is 23.9 Å². The number of carbonyl (C=O) groups excluding carboxylic acids is 1. The highest BCUT2D eigenvalue weighted by molar-refractivity contribution is 5.90. The molecule has 1 saturated carbocycles. The molecule has 0 bridgehead atoms. The molecule has 3 aromatic rings. The summed E-state index contributed by atoms with van der Waals surface area (Å²) in [6.45, 7) is 4.64. The Hall–Kier alpha value is -3.29. The van der Waals surface area contributed by atoms with Crippen LogP contribution in [-0.4, -0.2) is 32.0 Å². The number of pyridine rings is 2. The van der Waals surface area contributed by atoms with Gasteiger partial charge in [-0.2, -0.15) is 4.98 Å². The molecule has 0 spiro atoms. The number of rotatable bonds is 7. The Morgan fingerprint density at radius 1 is 1.23 bits per heavy atom. The molecule has 2 N–H and O–H groups in total. The number of aromatic nitrogens is 4. The fraction of sp³-hybridized carbons (Fsp3) is 0.435. The first-order valence-electron chi connectivity index (χ1n) is 10.9. The lowest BCUT2D eigenvalue weighted by atomic mass is 10.1. The van der Waals surface area contributed by atoms with Gasteiger partial charge >= 0.3 is 0 Å². The van der Waals surface area contributed by atoms with Crippen LogP contribution in [0.3, 0.4) is 0 Å². The van der Waals surface area contributed by atoms with Crippen molar-refractivity contribution < 1.29 is 4.79 Å². The molecule has 1 aliphatic carbocycles. The molecule has 4 rings (SSSR count). The Kier molecular flexibility index (Phi) is 6.25. The van der Waals surface area contributed by atoms with Gasteiger partial charge in [-0.05, 0) is 51.3 Å². The highest BCUT2D eigenvalue weighted by Gasteiger charge is 2.23. The van der Waals surface area contributed by atoms with Gasteiger partial charge in [-0.15, -0.1) is 0 Å². The van der Waals surface area contributed by atoms with Crippen LogP contribution in [0.5, 0.6) is 0 Å². The Labute approximate surface area is 181 Å². The van der Waals surface area contributed by atoms with E-state index in [0.717, 1.165) is 36.8 Å². The summed E-state index contributed by atoms with van der Waals surface area (Å²) in [4.78, 5) is 39.2. The van der Waals surface area contributed by atoms with E-state index >= 15 is 0 Å². The minimum absolute atomic E-state index is 0.0504. The van der Waals surface area contributed by atoms with Gasteiger partial charge in [0.1, 0.15) is 11.5 Å². The van der Waals surface area contributed by atoms with Crippen LogP contribution < -0.4 is 16.2 Å². The van der Waals surface area contributed by atoms with Crippen molar-refractivity contribution in [3.05, 3.63) is 52.1 Å². The Bertz CT molecular complexity index is 1140. The van der Waals surface area contributed by atoms with Gasteiger partial charge in [0.2, 0.25) is 11.9 Å². The molecular weight excluding hydrogens is 392 g/mol. The van der Waals surface area contributed by atoms with Gasteiger partial charge in [-0.1, -0.05) is 18.9 Å². The second-order valence-electron chi connectivity index (χ2n) is 7.95. The van der Waals surface area contributed by atoms with Crippen molar-refractivity contribution in [1.82, 2.24) is 19.5 Å². The van der Waals surface area contributed by atoms with E-state index in [0.29, 0.717) is 35.9 Å². The van der Waals surface area contributed by atoms with Crippen molar-refractivity contribution in [3.63, 3.8) is 0 Å². The summed E-state index contributed by atoms with van der Waals surface area (Å²) in [5.41, 5.74) is 2.08. The number of aryl methyl sites for hydroxylation is 2. The number of nitrogens with one attached hydrogen (secondary N) is 2. The lowest BCUT2D eigenvalue weighted by molar-refractivity contribution is -0.116. The second kappa shape index (κ2) is 9.24. The predicted molar refractivity (Wildman–Crippen MR) is 121 cm³/mol. The van der Waals surface area contributed by atoms with E-state index in [9.17, 15) is 9.59 Å². The molecular formula is C23H28N6O2. The van der Waals surface area contributed by atoms with E-state index in [1.165, 1.54) is 0 Å². The largest absolute Gasteiger partial charge is 0.354 e. The molecule has 31 heavy (non-hydrogen) atoms. The van der Waals surface area contributed by atoms with Gasteiger partial charge in [0.25, 0.3) is 5.56 Å². The van der Waals surface area contributed by atoms with E-state index in [1.807, 2.05) is 30.5 Å². The molecule has 3 heterocycles. The fourth-order valence-corrected chi connectivity index (χ4v) is 4.21. The van der Waals surface area contributed by atoms with E-state index in [4.69, 9.17) is 0 Å². The normalized spacial score (nSPS) is 14.1. The first-order chi connectivity index (χ1) is 15.1. The van der Waals surface area contributed by atoms with Crippen molar-refractivity contribution in [1.29, 1.82) is 0 Å². The SMILES string of the molecule is CCNc1nc(C)c2cc(CCC(=O)Nc3ccccn3)c(=O)n(C3CCCC3)c2n1. The Balaban J connectivity index is 1.68. The smallest absolute Gasteiger partial charge is 0.255 e. The van der Waals surface area contributed by atoms with Crippen LogP contribution in [0.1, 0.15) is 56.3 Å². The topological polar surface area (TPSA) is 102 Å². The maximum atomic E-state index is 13.5. The number of amides is 1. The quantitative estimate of drug-likeness (QED) is 0.605. The number of fused-ring (bicyclic) bond motifs is 1. The predicted octanol–water partition coefficient (Wildman–Crippen LogP) is 3.61. The minimum Gasteiger partial charge on any atom is -0.354 e. The Morgan fingerprint density at radius 3 is 2.74 bits per heavy atom. The van der Waals surface area contributed by atoms with Gasteiger partial charge < -0.3 is 10.6 Å². The zero-order valence-electron chi connectivity index (χ0n) is 18.0. The summed E-state index contributed by atoms with van der Waals surface area (Å²) in [7, 11) is 0. The van der Waals surface area contributed by atoms with Crippen molar-refractivity contribution >= 4 is 28.7 Å². The summed E-state index contributed by atoms with van der Waals surface area (Å²) in [5, 5.41) is 6.81. The second-order valence-corrected chi connectivity index (χ2v) is 7.95. The third-order valence-corrected chi connectivity index (χ3v) is 5.73. The van der Waals surface area contributed by atoms with Crippen LogP contribution in [-0.2, 0) is 11.2 Å². The molecule has 1 aliphatic rings.